The van der Waals surface area contributed by atoms with E-state index in [-0.39, 0.29) is 29.2 Å². The van der Waals surface area contributed by atoms with Crippen molar-refractivity contribution in [2.45, 2.75) is 91.5 Å². The highest BCUT2D eigenvalue weighted by atomic mass is 16.2. The average Bonchev–Trinajstić information content (AvgIpc) is 2.73. The normalized spacial score (nSPS) is 20.2. The number of rotatable bonds is 5. The van der Waals surface area contributed by atoms with Crippen LogP contribution in [0.5, 0.6) is 0 Å². The first-order valence-corrected chi connectivity index (χ1v) is 11.7. The summed E-state index contributed by atoms with van der Waals surface area (Å²) in [4.78, 5) is 36.7. The number of amides is 2. The van der Waals surface area contributed by atoms with E-state index in [1.165, 1.54) is 0 Å². The number of carbonyl (C=O) groups excluding carboxylic acids is 2. The van der Waals surface area contributed by atoms with Crippen molar-refractivity contribution in [1.29, 1.82) is 0 Å². The summed E-state index contributed by atoms with van der Waals surface area (Å²) >= 11 is 0. The Labute approximate surface area is 181 Å². The van der Waals surface area contributed by atoms with Crippen LogP contribution < -0.4 is 5.32 Å². The van der Waals surface area contributed by atoms with Crippen LogP contribution in [0.15, 0.2) is 6.20 Å². The lowest BCUT2D eigenvalue weighted by Crippen LogP contribution is -2.44. The summed E-state index contributed by atoms with van der Waals surface area (Å²) in [5, 5.41) is 3.25. The van der Waals surface area contributed by atoms with Gasteiger partial charge in [0, 0.05) is 47.8 Å². The van der Waals surface area contributed by atoms with Crippen molar-refractivity contribution in [3.05, 3.63) is 23.3 Å². The second kappa shape index (κ2) is 9.44. The van der Waals surface area contributed by atoms with Gasteiger partial charge in [0.05, 0.1) is 6.04 Å². The molecular formula is C24H38N4O2. The van der Waals surface area contributed by atoms with Crippen molar-refractivity contribution >= 4 is 11.8 Å². The Bertz CT molecular complexity index is 759. The number of likely N-dealkylation sites (tertiary alicyclic amines) is 1. The molecule has 1 fully saturated rings. The highest BCUT2D eigenvalue weighted by Gasteiger charge is 2.32. The first-order chi connectivity index (χ1) is 14.2. The zero-order chi connectivity index (χ0) is 21.9. The maximum Gasteiger partial charge on any atom is 0.227 e. The van der Waals surface area contributed by atoms with E-state index in [0.717, 1.165) is 75.1 Å². The van der Waals surface area contributed by atoms with Crippen molar-refractivity contribution in [2.24, 2.45) is 11.3 Å². The van der Waals surface area contributed by atoms with Crippen molar-refractivity contribution in [2.75, 3.05) is 13.1 Å². The number of hydrogen-bond acceptors (Lipinski definition) is 4. The molecular weight excluding hydrogens is 376 g/mol. The zero-order valence-corrected chi connectivity index (χ0v) is 19.3. The summed E-state index contributed by atoms with van der Waals surface area (Å²) in [5.41, 5.74) is 1.85. The second-order valence-electron chi connectivity index (χ2n) is 9.91. The molecule has 2 amide bonds. The van der Waals surface area contributed by atoms with Crippen molar-refractivity contribution in [3.63, 3.8) is 0 Å². The molecule has 0 bridgehead atoms. The molecule has 1 aliphatic heterocycles. The Hall–Kier alpha value is -1.98. The summed E-state index contributed by atoms with van der Waals surface area (Å²) < 4.78 is 0. The monoisotopic (exact) mass is 414 g/mol. The topological polar surface area (TPSA) is 75.2 Å². The number of aryl methyl sites for hydroxylation is 1. The number of aromatic nitrogens is 2. The maximum atomic E-state index is 12.6. The van der Waals surface area contributed by atoms with E-state index in [1.807, 2.05) is 31.9 Å². The van der Waals surface area contributed by atoms with Gasteiger partial charge in [-0.05, 0) is 44.9 Å². The second-order valence-corrected chi connectivity index (χ2v) is 9.91. The molecule has 0 radical (unpaired) electrons. The average molecular weight is 415 g/mol. The SMILES string of the molecule is CCC(CC)C(=O)NC1CCCc2nc(C3CCN(C(=O)C(C)(C)C)CC3)ncc21. The van der Waals surface area contributed by atoms with Crippen LogP contribution in [0.4, 0.5) is 0 Å². The lowest BCUT2D eigenvalue weighted by Gasteiger charge is -2.35. The van der Waals surface area contributed by atoms with Crippen LogP contribution in [-0.2, 0) is 16.0 Å². The number of carbonyl (C=O) groups is 2. The predicted octanol–water partition coefficient (Wildman–Crippen LogP) is 4.16. The van der Waals surface area contributed by atoms with Gasteiger partial charge in [0.1, 0.15) is 5.82 Å². The van der Waals surface area contributed by atoms with Gasteiger partial charge < -0.3 is 10.2 Å². The molecule has 166 valence electrons. The van der Waals surface area contributed by atoms with E-state index in [2.05, 4.69) is 19.2 Å². The van der Waals surface area contributed by atoms with Crippen molar-refractivity contribution in [3.8, 4) is 0 Å². The third-order valence-corrected chi connectivity index (χ3v) is 6.66. The molecule has 2 heterocycles. The number of nitrogens with one attached hydrogen (secondary N) is 1. The standard InChI is InChI=1S/C24H38N4O2/c1-6-16(7-2)22(29)27-20-10-8-9-19-18(20)15-25-21(26-19)17-11-13-28(14-12-17)23(30)24(3,4)5/h15-17,20H,6-14H2,1-5H3,(H,27,29). The molecule has 6 nitrogen and oxygen atoms in total. The van der Waals surface area contributed by atoms with Crippen LogP contribution in [0.3, 0.4) is 0 Å². The molecule has 1 unspecified atom stereocenters. The molecule has 1 aromatic heterocycles. The molecule has 1 atom stereocenters. The highest BCUT2D eigenvalue weighted by molar-refractivity contribution is 5.81. The van der Waals surface area contributed by atoms with Crippen molar-refractivity contribution in [1.82, 2.24) is 20.2 Å². The molecule has 0 saturated carbocycles. The molecule has 0 aromatic carbocycles. The van der Waals surface area contributed by atoms with Crippen LogP contribution in [0.25, 0.3) is 0 Å². The minimum atomic E-state index is -0.330. The van der Waals surface area contributed by atoms with Gasteiger partial charge in [-0.1, -0.05) is 34.6 Å². The summed E-state index contributed by atoms with van der Waals surface area (Å²) in [6.07, 6.45) is 8.45. The Balaban J connectivity index is 1.66. The number of hydrogen-bond donors (Lipinski definition) is 1. The highest BCUT2D eigenvalue weighted by Crippen LogP contribution is 2.32. The third-order valence-electron chi connectivity index (χ3n) is 6.66. The Morgan fingerprint density at radius 1 is 1.17 bits per heavy atom. The van der Waals surface area contributed by atoms with Gasteiger partial charge in [-0.15, -0.1) is 0 Å². The molecule has 3 rings (SSSR count). The van der Waals surface area contributed by atoms with Crippen LogP contribution >= 0.6 is 0 Å². The number of fused-ring (bicyclic) bond motifs is 1. The fraction of sp³-hybridized carbons (Fsp3) is 0.750. The first-order valence-electron chi connectivity index (χ1n) is 11.7. The van der Waals surface area contributed by atoms with E-state index in [4.69, 9.17) is 9.97 Å². The molecule has 6 heteroatoms. The lowest BCUT2D eigenvalue weighted by atomic mass is 9.89. The largest absolute Gasteiger partial charge is 0.349 e. The molecule has 30 heavy (non-hydrogen) atoms. The fourth-order valence-electron chi connectivity index (χ4n) is 4.67. The Morgan fingerprint density at radius 3 is 2.43 bits per heavy atom. The van der Waals surface area contributed by atoms with Gasteiger partial charge >= 0.3 is 0 Å². The quantitative estimate of drug-likeness (QED) is 0.785. The minimum absolute atomic E-state index is 0.0298. The maximum absolute atomic E-state index is 12.6. The first kappa shape index (κ1) is 22.7. The molecule has 0 spiro atoms. The van der Waals surface area contributed by atoms with Gasteiger partial charge in [-0.2, -0.15) is 0 Å². The van der Waals surface area contributed by atoms with Crippen LogP contribution in [0.1, 0.15) is 102 Å². The fourth-order valence-corrected chi connectivity index (χ4v) is 4.67. The predicted molar refractivity (Wildman–Crippen MR) is 118 cm³/mol. The van der Waals surface area contributed by atoms with E-state index in [9.17, 15) is 9.59 Å². The van der Waals surface area contributed by atoms with Gasteiger partial charge in [-0.25, -0.2) is 9.97 Å². The molecule has 1 N–H and O–H groups in total. The summed E-state index contributed by atoms with van der Waals surface area (Å²) in [5.74, 6) is 1.67. The Kier molecular flexibility index (Phi) is 7.14. The molecule has 2 aliphatic rings. The van der Waals surface area contributed by atoms with Gasteiger partial charge in [0.25, 0.3) is 0 Å². The van der Waals surface area contributed by atoms with E-state index in [0.29, 0.717) is 5.92 Å². The van der Waals surface area contributed by atoms with Crippen LogP contribution in [0, 0.1) is 11.3 Å². The number of nitrogens with zero attached hydrogens (tertiary/aromatic N) is 3. The zero-order valence-electron chi connectivity index (χ0n) is 19.3. The third kappa shape index (κ3) is 5.01. The van der Waals surface area contributed by atoms with E-state index in [1.54, 1.807) is 0 Å². The molecule has 1 saturated heterocycles. The smallest absolute Gasteiger partial charge is 0.227 e. The lowest BCUT2D eigenvalue weighted by molar-refractivity contribution is -0.140. The summed E-state index contributed by atoms with van der Waals surface area (Å²) in [6.45, 7) is 11.6. The van der Waals surface area contributed by atoms with Crippen molar-refractivity contribution < 1.29 is 9.59 Å². The van der Waals surface area contributed by atoms with E-state index >= 15 is 0 Å². The molecule has 1 aliphatic carbocycles. The Morgan fingerprint density at radius 2 is 1.83 bits per heavy atom. The van der Waals surface area contributed by atoms with Crippen LogP contribution in [0.2, 0.25) is 0 Å². The summed E-state index contributed by atoms with van der Waals surface area (Å²) in [6, 6.07) is 0.0298. The van der Waals surface area contributed by atoms with Crippen LogP contribution in [-0.4, -0.2) is 39.8 Å². The van der Waals surface area contributed by atoms with Gasteiger partial charge in [0.2, 0.25) is 11.8 Å². The van der Waals surface area contributed by atoms with Gasteiger partial charge in [0.15, 0.2) is 0 Å². The number of piperidine rings is 1. The molecule has 1 aromatic rings. The summed E-state index contributed by atoms with van der Waals surface area (Å²) in [7, 11) is 0. The van der Waals surface area contributed by atoms with E-state index < -0.39 is 0 Å². The van der Waals surface area contributed by atoms with Gasteiger partial charge in [-0.3, -0.25) is 9.59 Å². The minimum Gasteiger partial charge on any atom is -0.349 e.